The highest BCUT2D eigenvalue weighted by atomic mass is 32.2. The van der Waals surface area contributed by atoms with Crippen molar-refractivity contribution in [3.63, 3.8) is 0 Å². The van der Waals surface area contributed by atoms with Crippen molar-refractivity contribution >= 4 is 28.9 Å². The minimum atomic E-state index is -0.873. The average molecular weight is 313 g/mol. The summed E-state index contributed by atoms with van der Waals surface area (Å²) in [5, 5.41) is 10.2. The molecule has 3 rings (SSSR count). The van der Waals surface area contributed by atoms with E-state index in [4.69, 9.17) is 0 Å². The monoisotopic (exact) mass is 313 g/mol. The number of fused-ring (bicyclic) bond motifs is 1. The van der Waals surface area contributed by atoms with Crippen LogP contribution in [-0.4, -0.2) is 25.6 Å². The summed E-state index contributed by atoms with van der Waals surface area (Å²) in [5.74, 6) is -0.873. The summed E-state index contributed by atoms with van der Waals surface area (Å²) in [7, 11) is 0. The largest absolute Gasteiger partial charge is 0.480 e. The lowest BCUT2D eigenvalue weighted by atomic mass is 10.2. The molecule has 0 amide bonds. The fourth-order valence-electron chi connectivity index (χ4n) is 2.32. The Balaban J connectivity index is 2.14. The van der Waals surface area contributed by atoms with E-state index < -0.39 is 12.0 Å². The molecule has 3 aromatic rings. The van der Waals surface area contributed by atoms with Gasteiger partial charge < -0.3 is 5.11 Å². The first kappa shape index (κ1) is 14.6. The zero-order valence-corrected chi connectivity index (χ0v) is 12.8. The Morgan fingerprint density at radius 1 is 1.27 bits per heavy atom. The Hall–Kier alpha value is -2.34. The van der Waals surface area contributed by atoms with Crippen LogP contribution < -0.4 is 0 Å². The van der Waals surface area contributed by atoms with Gasteiger partial charge in [0.15, 0.2) is 10.8 Å². The van der Waals surface area contributed by atoms with Gasteiger partial charge in [-0.1, -0.05) is 36.9 Å². The van der Waals surface area contributed by atoms with Crippen LogP contribution in [0, 0.1) is 0 Å². The maximum atomic E-state index is 11.6. The topological polar surface area (TPSA) is 68.0 Å². The average Bonchev–Trinajstić information content (AvgIpc) is 2.87. The molecular weight excluding hydrogens is 298 g/mol. The maximum absolute atomic E-state index is 11.6. The third-order valence-electron chi connectivity index (χ3n) is 3.35. The second-order valence-electron chi connectivity index (χ2n) is 4.79. The van der Waals surface area contributed by atoms with Gasteiger partial charge in [-0.15, -0.1) is 0 Å². The Bertz CT molecular complexity index is 802. The van der Waals surface area contributed by atoms with Crippen LogP contribution in [0.2, 0.25) is 0 Å². The van der Waals surface area contributed by atoms with E-state index in [1.165, 1.54) is 11.8 Å². The number of hydrogen-bond acceptors (Lipinski definition) is 4. The number of nitrogens with zero attached hydrogens (tertiary/aromatic N) is 3. The summed E-state index contributed by atoms with van der Waals surface area (Å²) in [6.45, 7) is 1.85. The second kappa shape index (κ2) is 6.19. The van der Waals surface area contributed by atoms with Gasteiger partial charge in [-0.05, 0) is 30.7 Å². The lowest BCUT2D eigenvalue weighted by Crippen LogP contribution is -2.19. The molecular formula is C16H15N3O2S. The van der Waals surface area contributed by atoms with E-state index in [2.05, 4.69) is 9.97 Å². The van der Waals surface area contributed by atoms with Crippen LogP contribution >= 0.6 is 11.8 Å². The lowest BCUT2D eigenvalue weighted by molar-refractivity contribution is -0.141. The van der Waals surface area contributed by atoms with E-state index >= 15 is 0 Å². The fraction of sp³-hybridized carbons (Fsp3) is 0.188. The fourth-order valence-corrected chi connectivity index (χ4v) is 3.28. The summed E-state index contributed by atoms with van der Waals surface area (Å²) in [6, 6.07) is 12.8. The molecule has 1 unspecified atom stereocenters. The predicted molar refractivity (Wildman–Crippen MR) is 85.1 cm³/mol. The van der Waals surface area contributed by atoms with E-state index in [0.717, 1.165) is 4.90 Å². The number of aliphatic carboxylic acids is 1. The second-order valence-corrected chi connectivity index (χ2v) is 5.83. The predicted octanol–water partition coefficient (Wildman–Crippen LogP) is 3.62. The molecule has 0 aliphatic rings. The Kier molecular flexibility index (Phi) is 4.11. The molecule has 1 N–H and O–H groups in total. The lowest BCUT2D eigenvalue weighted by Gasteiger charge is -2.15. The van der Waals surface area contributed by atoms with Gasteiger partial charge in [0.25, 0.3) is 0 Å². The van der Waals surface area contributed by atoms with Crippen molar-refractivity contribution < 1.29 is 9.90 Å². The Morgan fingerprint density at radius 2 is 2.05 bits per heavy atom. The molecule has 5 nitrogen and oxygen atoms in total. The van der Waals surface area contributed by atoms with Gasteiger partial charge in [0.2, 0.25) is 0 Å². The van der Waals surface area contributed by atoms with Gasteiger partial charge in [-0.2, -0.15) is 0 Å². The van der Waals surface area contributed by atoms with E-state index in [1.807, 2.05) is 43.3 Å². The third-order valence-corrected chi connectivity index (χ3v) is 4.33. The van der Waals surface area contributed by atoms with Crippen LogP contribution in [0.15, 0.2) is 58.7 Å². The van der Waals surface area contributed by atoms with Crippen molar-refractivity contribution in [2.75, 3.05) is 0 Å². The van der Waals surface area contributed by atoms with Crippen LogP contribution in [0.5, 0.6) is 0 Å². The summed E-state index contributed by atoms with van der Waals surface area (Å²) in [4.78, 5) is 21.5. The number of carboxylic acids is 1. The van der Waals surface area contributed by atoms with Crippen LogP contribution in [0.3, 0.4) is 0 Å². The molecule has 0 bridgehead atoms. The number of imidazole rings is 1. The van der Waals surface area contributed by atoms with E-state index in [-0.39, 0.29) is 0 Å². The maximum Gasteiger partial charge on any atom is 0.326 e. The normalized spacial score (nSPS) is 12.4. The molecule has 0 saturated carbocycles. The number of carbonyl (C=O) groups is 1. The van der Waals surface area contributed by atoms with Crippen LogP contribution in [-0.2, 0) is 4.79 Å². The van der Waals surface area contributed by atoms with Crippen molar-refractivity contribution in [1.29, 1.82) is 0 Å². The molecule has 0 spiro atoms. The number of hydrogen-bond donors (Lipinski definition) is 1. The number of rotatable bonds is 5. The minimum Gasteiger partial charge on any atom is -0.480 e. The minimum absolute atomic E-state index is 0.472. The SMILES string of the molecule is CCC(C(=O)O)n1c(Sc2ccccc2)nc2cccnc21. The molecule has 22 heavy (non-hydrogen) atoms. The first-order valence-electron chi connectivity index (χ1n) is 6.99. The standard InChI is InChI=1S/C16H15N3O2S/c1-2-13(15(20)21)19-14-12(9-6-10-17-14)18-16(19)22-11-7-4-3-5-8-11/h3-10,13H,2H2,1H3,(H,20,21). The number of aromatic nitrogens is 3. The van der Waals surface area contributed by atoms with Crippen molar-refractivity contribution in [3.8, 4) is 0 Å². The Morgan fingerprint density at radius 3 is 2.73 bits per heavy atom. The van der Waals surface area contributed by atoms with Crippen molar-refractivity contribution in [3.05, 3.63) is 48.7 Å². The van der Waals surface area contributed by atoms with E-state index in [1.54, 1.807) is 16.8 Å². The van der Waals surface area contributed by atoms with Crippen LogP contribution in [0.1, 0.15) is 19.4 Å². The van der Waals surface area contributed by atoms with Gasteiger partial charge in [-0.25, -0.2) is 14.8 Å². The summed E-state index contributed by atoms with van der Waals surface area (Å²) in [6.07, 6.45) is 2.13. The third kappa shape index (κ3) is 2.69. The smallest absolute Gasteiger partial charge is 0.326 e. The van der Waals surface area contributed by atoms with Gasteiger partial charge in [0.1, 0.15) is 11.6 Å². The quantitative estimate of drug-likeness (QED) is 0.779. The number of pyridine rings is 1. The molecule has 0 fully saturated rings. The Labute approximate surface area is 132 Å². The zero-order valence-electron chi connectivity index (χ0n) is 12.0. The molecule has 0 aliphatic carbocycles. The molecule has 6 heteroatoms. The highest BCUT2D eigenvalue weighted by molar-refractivity contribution is 7.99. The van der Waals surface area contributed by atoms with Crippen molar-refractivity contribution in [2.24, 2.45) is 0 Å². The molecule has 1 aromatic carbocycles. The molecule has 2 heterocycles. The highest BCUT2D eigenvalue weighted by Gasteiger charge is 2.24. The molecule has 1 atom stereocenters. The first-order chi connectivity index (χ1) is 10.7. The molecule has 112 valence electrons. The molecule has 0 aliphatic heterocycles. The summed E-state index contributed by atoms with van der Waals surface area (Å²) in [5.41, 5.74) is 1.32. The van der Waals surface area contributed by atoms with Crippen LogP contribution in [0.4, 0.5) is 0 Å². The molecule has 0 radical (unpaired) electrons. The van der Waals surface area contributed by atoms with E-state index in [9.17, 15) is 9.90 Å². The van der Waals surface area contributed by atoms with Gasteiger partial charge in [-0.3, -0.25) is 4.57 Å². The van der Waals surface area contributed by atoms with Gasteiger partial charge >= 0.3 is 5.97 Å². The zero-order chi connectivity index (χ0) is 15.5. The highest BCUT2D eigenvalue weighted by Crippen LogP contribution is 2.32. The van der Waals surface area contributed by atoms with Crippen molar-refractivity contribution in [2.45, 2.75) is 29.4 Å². The molecule has 0 saturated heterocycles. The van der Waals surface area contributed by atoms with Crippen molar-refractivity contribution in [1.82, 2.24) is 14.5 Å². The van der Waals surface area contributed by atoms with Crippen LogP contribution in [0.25, 0.3) is 11.2 Å². The van der Waals surface area contributed by atoms with E-state index in [0.29, 0.717) is 22.7 Å². The van der Waals surface area contributed by atoms with Gasteiger partial charge in [0, 0.05) is 11.1 Å². The summed E-state index contributed by atoms with van der Waals surface area (Å²) >= 11 is 1.45. The first-order valence-corrected chi connectivity index (χ1v) is 7.81. The molecule has 2 aromatic heterocycles. The summed E-state index contributed by atoms with van der Waals surface area (Å²) < 4.78 is 1.72. The number of carboxylic acid groups (broad SMARTS) is 1. The van der Waals surface area contributed by atoms with Gasteiger partial charge in [0.05, 0.1) is 0 Å². The number of benzene rings is 1.